The van der Waals surface area contributed by atoms with Crippen molar-refractivity contribution in [3.8, 4) is 0 Å². The highest BCUT2D eigenvalue weighted by molar-refractivity contribution is 5.67. The van der Waals surface area contributed by atoms with Crippen LogP contribution in [0.15, 0.2) is 30.3 Å². The van der Waals surface area contributed by atoms with E-state index in [4.69, 9.17) is 4.74 Å². The van der Waals surface area contributed by atoms with Crippen LogP contribution in [0.4, 0.5) is 4.79 Å². The van der Waals surface area contributed by atoms with Crippen LogP contribution in [0.1, 0.15) is 44.6 Å². The second-order valence-corrected chi connectivity index (χ2v) is 7.97. The molecule has 3 fully saturated rings. The number of likely N-dealkylation sites (tertiary alicyclic amines) is 1. The summed E-state index contributed by atoms with van der Waals surface area (Å²) >= 11 is 0. The Hall–Kier alpha value is -1.59. The average molecular weight is 357 g/mol. The molecule has 3 atom stereocenters. The van der Waals surface area contributed by atoms with E-state index >= 15 is 0 Å². The summed E-state index contributed by atoms with van der Waals surface area (Å²) in [4.78, 5) is 14.3. The van der Waals surface area contributed by atoms with E-state index in [1.807, 2.05) is 35.2 Å². The highest BCUT2D eigenvalue weighted by atomic mass is 16.6. The number of ether oxygens (including phenoxy) is 1. The van der Waals surface area contributed by atoms with Crippen LogP contribution in [0.2, 0.25) is 0 Å². The molecule has 1 amide bonds. The number of hydrogen-bond acceptors (Lipinski definition) is 4. The Labute approximate surface area is 156 Å². The molecular formula is C21H31N3O2. The van der Waals surface area contributed by atoms with Gasteiger partial charge in [0.15, 0.2) is 0 Å². The second-order valence-electron chi connectivity index (χ2n) is 7.97. The van der Waals surface area contributed by atoms with Gasteiger partial charge in [0.1, 0.15) is 6.61 Å². The van der Waals surface area contributed by atoms with Gasteiger partial charge in [-0.3, -0.25) is 5.43 Å². The summed E-state index contributed by atoms with van der Waals surface area (Å²) in [5, 5.41) is 2.49. The molecule has 1 N–H and O–H groups in total. The third kappa shape index (κ3) is 3.60. The maximum atomic E-state index is 12.4. The molecule has 0 bridgehead atoms. The van der Waals surface area contributed by atoms with Crippen LogP contribution in [0.25, 0.3) is 0 Å². The highest BCUT2D eigenvalue weighted by Crippen LogP contribution is 2.41. The summed E-state index contributed by atoms with van der Waals surface area (Å²) in [5.41, 5.74) is 4.79. The lowest BCUT2D eigenvalue weighted by molar-refractivity contribution is 0.0556. The number of amides is 1. The molecular weight excluding hydrogens is 326 g/mol. The molecule has 1 aromatic rings. The summed E-state index contributed by atoms with van der Waals surface area (Å²) in [6.07, 6.45) is 6.06. The number of fused-ring (bicyclic) bond motifs is 1. The molecule has 2 aliphatic heterocycles. The van der Waals surface area contributed by atoms with Crippen molar-refractivity contribution in [1.82, 2.24) is 15.3 Å². The van der Waals surface area contributed by atoms with E-state index in [0.29, 0.717) is 24.6 Å². The van der Waals surface area contributed by atoms with Crippen molar-refractivity contribution in [2.24, 2.45) is 11.8 Å². The van der Waals surface area contributed by atoms with Crippen LogP contribution in [-0.4, -0.2) is 47.7 Å². The average Bonchev–Trinajstić information content (AvgIpc) is 3.27. The van der Waals surface area contributed by atoms with Gasteiger partial charge in [0.2, 0.25) is 0 Å². The second kappa shape index (κ2) is 7.97. The maximum absolute atomic E-state index is 12.4. The molecule has 0 spiro atoms. The van der Waals surface area contributed by atoms with Gasteiger partial charge in [-0.2, -0.15) is 0 Å². The third-order valence-corrected chi connectivity index (χ3v) is 6.53. The Balaban J connectivity index is 1.29. The summed E-state index contributed by atoms with van der Waals surface area (Å²) in [6, 6.07) is 11.2. The first kappa shape index (κ1) is 17.8. The van der Waals surface area contributed by atoms with E-state index < -0.39 is 0 Å². The maximum Gasteiger partial charge on any atom is 0.410 e. The first-order valence-electron chi connectivity index (χ1n) is 10.2. The Morgan fingerprint density at radius 3 is 2.65 bits per heavy atom. The monoisotopic (exact) mass is 357 g/mol. The minimum Gasteiger partial charge on any atom is -0.445 e. The number of nitrogens with zero attached hydrogens (tertiary/aromatic N) is 2. The minimum absolute atomic E-state index is 0.164. The van der Waals surface area contributed by atoms with Gasteiger partial charge in [0, 0.05) is 31.7 Å². The lowest BCUT2D eigenvalue weighted by Crippen LogP contribution is -2.48. The van der Waals surface area contributed by atoms with Gasteiger partial charge in [-0.25, -0.2) is 9.80 Å². The molecule has 3 aliphatic rings. The first-order valence-corrected chi connectivity index (χ1v) is 10.2. The first-order chi connectivity index (χ1) is 12.8. The number of hydrogen-bond donors (Lipinski definition) is 1. The Morgan fingerprint density at radius 2 is 1.92 bits per heavy atom. The Morgan fingerprint density at radius 1 is 1.15 bits per heavy atom. The minimum atomic E-state index is -0.164. The SMILES string of the molecule is CCN1NC2CCCC2C1C1CCN(C(=O)OCc2ccccc2)CC1. The topological polar surface area (TPSA) is 44.8 Å². The summed E-state index contributed by atoms with van der Waals surface area (Å²) in [5.74, 6) is 1.49. The normalized spacial score (nSPS) is 29.7. The molecule has 2 heterocycles. The molecule has 2 saturated heterocycles. The molecule has 4 rings (SSSR count). The zero-order valence-corrected chi connectivity index (χ0v) is 15.8. The zero-order chi connectivity index (χ0) is 17.9. The molecule has 5 nitrogen and oxygen atoms in total. The van der Waals surface area contributed by atoms with Crippen molar-refractivity contribution in [3.63, 3.8) is 0 Å². The Kier molecular flexibility index (Phi) is 5.46. The number of carbonyl (C=O) groups excluding carboxylic acids is 1. The molecule has 142 valence electrons. The number of rotatable bonds is 4. The fourth-order valence-corrected chi connectivity index (χ4v) is 5.23. The van der Waals surface area contributed by atoms with Gasteiger partial charge in [-0.05, 0) is 43.1 Å². The molecule has 0 aromatic heterocycles. The lowest BCUT2D eigenvalue weighted by Gasteiger charge is -2.38. The predicted molar refractivity (Wildman–Crippen MR) is 101 cm³/mol. The van der Waals surface area contributed by atoms with E-state index in [-0.39, 0.29) is 6.09 Å². The van der Waals surface area contributed by atoms with Crippen molar-refractivity contribution < 1.29 is 9.53 Å². The van der Waals surface area contributed by atoms with Crippen molar-refractivity contribution in [1.29, 1.82) is 0 Å². The van der Waals surface area contributed by atoms with Crippen LogP contribution < -0.4 is 5.43 Å². The predicted octanol–water partition coefficient (Wildman–Crippen LogP) is 3.41. The molecule has 3 unspecified atom stereocenters. The number of piperidine rings is 1. The van der Waals surface area contributed by atoms with Crippen LogP contribution >= 0.6 is 0 Å². The Bertz CT molecular complexity index is 601. The quantitative estimate of drug-likeness (QED) is 0.897. The van der Waals surface area contributed by atoms with E-state index in [1.165, 1.54) is 19.3 Å². The van der Waals surface area contributed by atoms with Gasteiger partial charge in [0.25, 0.3) is 0 Å². The van der Waals surface area contributed by atoms with Gasteiger partial charge in [-0.1, -0.05) is 43.7 Å². The van der Waals surface area contributed by atoms with E-state index in [2.05, 4.69) is 17.4 Å². The van der Waals surface area contributed by atoms with E-state index in [0.717, 1.165) is 44.0 Å². The molecule has 26 heavy (non-hydrogen) atoms. The number of hydrazine groups is 1. The van der Waals surface area contributed by atoms with Crippen molar-refractivity contribution in [2.75, 3.05) is 19.6 Å². The fourth-order valence-electron chi connectivity index (χ4n) is 5.23. The van der Waals surface area contributed by atoms with Crippen molar-refractivity contribution in [2.45, 2.75) is 57.7 Å². The van der Waals surface area contributed by atoms with Gasteiger partial charge in [0.05, 0.1) is 0 Å². The number of benzene rings is 1. The number of carbonyl (C=O) groups is 1. The van der Waals surface area contributed by atoms with E-state index in [1.54, 1.807) is 0 Å². The van der Waals surface area contributed by atoms with Crippen LogP contribution in [0, 0.1) is 11.8 Å². The number of nitrogens with one attached hydrogen (secondary N) is 1. The molecule has 1 aromatic carbocycles. The van der Waals surface area contributed by atoms with Crippen molar-refractivity contribution >= 4 is 6.09 Å². The van der Waals surface area contributed by atoms with Crippen molar-refractivity contribution in [3.05, 3.63) is 35.9 Å². The lowest BCUT2D eigenvalue weighted by atomic mass is 9.81. The highest BCUT2D eigenvalue weighted by Gasteiger charge is 2.47. The zero-order valence-electron chi connectivity index (χ0n) is 15.8. The van der Waals surface area contributed by atoms with Gasteiger partial charge >= 0.3 is 6.09 Å². The molecule has 0 radical (unpaired) electrons. The van der Waals surface area contributed by atoms with Crippen LogP contribution in [0.5, 0.6) is 0 Å². The molecule has 1 aliphatic carbocycles. The largest absolute Gasteiger partial charge is 0.445 e. The van der Waals surface area contributed by atoms with E-state index in [9.17, 15) is 4.79 Å². The van der Waals surface area contributed by atoms with Gasteiger partial charge in [-0.15, -0.1) is 0 Å². The standard InChI is InChI=1S/C21H31N3O2/c1-2-24-20(18-9-6-10-19(18)22-24)17-11-13-23(14-12-17)21(25)26-15-16-7-4-3-5-8-16/h3-5,7-8,17-20,22H,2,6,9-15H2,1H3. The summed E-state index contributed by atoms with van der Waals surface area (Å²) in [6.45, 7) is 5.32. The van der Waals surface area contributed by atoms with Crippen LogP contribution in [0.3, 0.4) is 0 Å². The van der Waals surface area contributed by atoms with Gasteiger partial charge < -0.3 is 9.64 Å². The smallest absolute Gasteiger partial charge is 0.410 e. The fraction of sp³-hybridized carbons (Fsp3) is 0.667. The van der Waals surface area contributed by atoms with Crippen LogP contribution in [-0.2, 0) is 11.3 Å². The summed E-state index contributed by atoms with van der Waals surface area (Å²) < 4.78 is 5.50. The third-order valence-electron chi connectivity index (χ3n) is 6.53. The molecule has 1 saturated carbocycles. The molecule has 5 heteroatoms. The summed E-state index contributed by atoms with van der Waals surface area (Å²) in [7, 11) is 0.